The molecule has 2 aliphatic rings. The summed E-state index contributed by atoms with van der Waals surface area (Å²) in [4.78, 5) is 13.9. The summed E-state index contributed by atoms with van der Waals surface area (Å²) >= 11 is 1.68. The fraction of sp³-hybridized carbons (Fsp3) is 0.471. The summed E-state index contributed by atoms with van der Waals surface area (Å²) < 4.78 is 2.17. The molecule has 2 unspecified atom stereocenters. The second-order valence-corrected chi connectivity index (χ2v) is 7.40. The van der Waals surface area contributed by atoms with Crippen LogP contribution in [0, 0.1) is 0 Å². The standard InChI is InChI=1S/C17H20N4OS/c1-2-15-19-20-16-8-7-12(10-21(15)16)18-17(22)14-9-11-5-3-4-6-13(11)23-14/h3-6,12,14H,2,7-10H2,1H3,(H,18,22). The minimum Gasteiger partial charge on any atom is -0.351 e. The van der Waals surface area contributed by atoms with Crippen LogP contribution in [0.25, 0.3) is 0 Å². The third kappa shape index (κ3) is 2.76. The van der Waals surface area contributed by atoms with Crippen molar-refractivity contribution in [2.24, 2.45) is 0 Å². The Morgan fingerprint density at radius 1 is 1.39 bits per heavy atom. The maximum atomic E-state index is 12.6. The highest BCUT2D eigenvalue weighted by molar-refractivity contribution is 8.01. The molecule has 6 heteroatoms. The van der Waals surface area contributed by atoms with E-state index >= 15 is 0 Å². The molecule has 2 aliphatic heterocycles. The molecule has 0 saturated heterocycles. The van der Waals surface area contributed by atoms with E-state index < -0.39 is 0 Å². The molecular weight excluding hydrogens is 308 g/mol. The summed E-state index contributed by atoms with van der Waals surface area (Å²) in [6.07, 6.45) is 3.53. The Labute approximate surface area is 139 Å². The molecule has 1 N–H and O–H groups in total. The molecule has 5 nitrogen and oxygen atoms in total. The Morgan fingerprint density at radius 2 is 2.26 bits per heavy atom. The average Bonchev–Trinajstić information content (AvgIpc) is 3.18. The first-order chi connectivity index (χ1) is 11.2. The van der Waals surface area contributed by atoms with Gasteiger partial charge in [-0.05, 0) is 24.5 Å². The molecule has 1 aromatic carbocycles. The zero-order chi connectivity index (χ0) is 15.8. The SMILES string of the molecule is CCc1nnc2n1CC(NC(=O)C1Cc3ccccc3S1)CC2. The lowest BCUT2D eigenvalue weighted by atomic mass is 10.1. The van der Waals surface area contributed by atoms with Gasteiger partial charge < -0.3 is 9.88 Å². The van der Waals surface area contributed by atoms with Gasteiger partial charge in [0.25, 0.3) is 0 Å². The van der Waals surface area contributed by atoms with Gasteiger partial charge in [0.15, 0.2) is 0 Å². The van der Waals surface area contributed by atoms with Gasteiger partial charge >= 0.3 is 0 Å². The highest BCUT2D eigenvalue weighted by Gasteiger charge is 2.30. The Balaban J connectivity index is 1.41. The summed E-state index contributed by atoms with van der Waals surface area (Å²) in [5, 5.41) is 11.7. The van der Waals surface area contributed by atoms with E-state index in [1.54, 1.807) is 11.8 Å². The minimum atomic E-state index is 0.000328. The zero-order valence-electron chi connectivity index (χ0n) is 13.2. The Hall–Kier alpha value is -1.82. The highest BCUT2D eigenvalue weighted by Crippen LogP contribution is 2.36. The number of carbonyl (C=O) groups excluding carboxylic acids is 1. The van der Waals surface area contributed by atoms with Crippen molar-refractivity contribution >= 4 is 17.7 Å². The average molecular weight is 328 g/mol. The van der Waals surface area contributed by atoms with Crippen LogP contribution in [0.15, 0.2) is 29.2 Å². The van der Waals surface area contributed by atoms with Crippen molar-refractivity contribution in [1.82, 2.24) is 20.1 Å². The fourth-order valence-electron chi connectivity index (χ4n) is 3.38. The predicted octanol–water partition coefficient (Wildman–Crippen LogP) is 1.99. The van der Waals surface area contributed by atoms with E-state index in [0.717, 1.165) is 43.9 Å². The van der Waals surface area contributed by atoms with Crippen molar-refractivity contribution in [3.63, 3.8) is 0 Å². The number of carbonyl (C=O) groups is 1. The predicted molar refractivity (Wildman–Crippen MR) is 89.4 cm³/mol. The van der Waals surface area contributed by atoms with Gasteiger partial charge in [-0.2, -0.15) is 0 Å². The third-order valence-corrected chi connectivity index (χ3v) is 5.94. The van der Waals surface area contributed by atoms with Crippen LogP contribution in [0.2, 0.25) is 0 Å². The fourth-order valence-corrected chi connectivity index (χ4v) is 4.59. The zero-order valence-corrected chi connectivity index (χ0v) is 14.0. The van der Waals surface area contributed by atoms with Crippen molar-refractivity contribution in [2.45, 2.75) is 55.3 Å². The normalized spacial score (nSPS) is 22.5. The first-order valence-electron chi connectivity index (χ1n) is 8.20. The Bertz CT molecular complexity index is 703. The van der Waals surface area contributed by atoms with Gasteiger partial charge in [0, 0.05) is 30.3 Å². The molecule has 0 saturated carbocycles. The molecule has 0 fully saturated rings. The summed E-state index contributed by atoms with van der Waals surface area (Å²) in [5.41, 5.74) is 1.29. The highest BCUT2D eigenvalue weighted by atomic mass is 32.2. The maximum absolute atomic E-state index is 12.6. The molecule has 120 valence electrons. The van der Waals surface area contributed by atoms with Crippen molar-refractivity contribution in [2.75, 3.05) is 0 Å². The number of aromatic nitrogens is 3. The first kappa shape index (κ1) is 14.8. The van der Waals surface area contributed by atoms with Crippen molar-refractivity contribution in [3.05, 3.63) is 41.5 Å². The number of nitrogens with zero attached hydrogens (tertiary/aromatic N) is 3. The van der Waals surface area contributed by atoms with Crippen LogP contribution in [-0.4, -0.2) is 32.0 Å². The molecule has 0 bridgehead atoms. The smallest absolute Gasteiger partial charge is 0.234 e. The maximum Gasteiger partial charge on any atom is 0.234 e. The van der Waals surface area contributed by atoms with Crippen molar-refractivity contribution in [3.8, 4) is 0 Å². The van der Waals surface area contributed by atoms with Crippen molar-refractivity contribution < 1.29 is 4.79 Å². The lowest BCUT2D eigenvalue weighted by molar-refractivity contribution is -0.121. The van der Waals surface area contributed by atoms with Crippen LogP contribution in [0.5, 0.6) is 0 Å². The number of hydrogen-bond donors (Lipinski definition) is 1. The van der Waals surface area contributed by atoms with Gasteiger partial charge in [-0.25, -0.2) is 0 Å². The molecule has 0 aliphatic carbocycles. The van der Waals surface area contributed by atoms with E-state index in [0.29, 0.717) is 0 Å². The second-order valence-electron chi connectivity index (χ2n) is 6.16. The van der Waals surface area contributed by atoms with E-state index in [9.17, 15) is 4.79 Å². The number of aryl methyl sites for hydroxylation is 2. The lowest BCUT2D eigenvalue weighted by Crippen LogP contribution is -2.44. The van der Waals surface area contributed by atoms with Gasteiger partial charge in [0.1, 0.15) is 11.6 Å². The molecule has 2 atom stereocenters. The summed E-state index contributed by atoms with van der Waals surface area (Å²) in [6.45, 7) is 2.88. The Morgan fingerprint density at radius 3 is 3.09 bits per heavy atom. The van der Waals surface area contributed by atoms with Gasteiger partial charge in [-0.15, -0.1) is 22.0 Å². The van der Waals surface area contributed by atoms with Crippen molar-refractivity contribution in [1.29, 1.82) is 0 Å². The van der Waals surface area contributed by atoms with Gasteiger partial charge in [0.05, 0.1) is 5.25 Å². The topological polar surface area (TPSA) is 59.8 Å². The lowest BCUT2D eigenvalue weighted by Gasteiger charge is -2.26. The number of benzene rings is 1. The van der Waals surface area contributed by atoms with Crippen LogP contribution in [0.4, 0.5) is 0 Å². The molecule has 1 aromatic heterocycles. The van der Waals surface area contributed by atoms with Crippen LogP contribution >= 0.6 is 11.8 Å². The molecule has 2 aromatic rings. The first-order valence-corrected chi connectivity index (χ1v) is 9.08. The van der Waals surface area contributed by atoms with Gasteiger partial charge in [-0.1, -0.05) is 25.1 Å². The van der Waals surface area contributed by atoms with Crippen LogP contribution in [-0.2, 0) is 30.6 Å². The number of amides is 1. The number of thioether (sulfide) groups is 1. The van der Waals surface area contributed by atoms with Crippen LogP contribution in [0.3, 0.4) is 0 Å². The largest absolute Gasteiger partial charge is 0.351 e. The monoisotopic (exact) mass is 328 g/mol. The molecule has 1 amide bonds. The molecule has 23 heavy (non-hydrogen) atoms. The summed E-state index contributed by atoms with van der Waals surface area (Å²) in [5.74, 6) is 2.22. The van der Waals surface area contributed by atoms with Gasteiger partial charge in [0.2, 0.25) is 5.91 Å². The van der Waals surface area contributed by atoms with E-state index in [1.165, 1.54) is 10.5 Å². The third-order valence-electron chi connectivity index (χ3n) is 4.63. The van der Waals surface area contributed by atoms with E-state index in [1.807, 2.05) is 12.1 Å². The van der Waals surface area contributed by atoms with Crippen LogP contribution < -0.4 is 5.32 Å². The molecule has 3 heterocycles. The molecular formula is C17H20N4OS. The minimum absolute atomic E-state index is 0.000328. The summed E-state index contributed by atoms with van der Waals surface area (Å²) in [7, 11) is 0. The molecule has 4 rings (SSSR count). The second kappa shape index (κ2) is 6.00. The van der Waals surface area contributed by atoms with E-state index in [2.05, 4.69) is 39.1 Å². The molecule has 0 spiro atoms. The molecule has 0 radical (unpaired) electrons. The van der Waals surface area contributed by atoms with E-state index in [-0.39, 0.29) is 17.2 Å². The number of hydrogen-bond acceptors (Lipinski definition) is 4. The summed E-state index contributed by atoms with van der Waals surface area (Å²) in [6, 6.07) is 8.48. The quantitative estimate of drug-likeness (QED) is 0.936. The Kier molecular flexibility index (Phi) is 3.85. The number of nitrogens with one attached hydrogen (secondary N) is 1. The van der Waals surface area contributed by atoms with Gasteiger partial charge in [-0.3, -0.25) is 4.79 Å². The van der Waals surface area contributed by atoms with Crippen LogP contribution in [0.1, 0.15) is 30.6 Å². The number of rotatable bonds is 3. The van der Waals surface area contributed by atoms with E-state index in [4.69, 9.17) is 0 Å². The number of fused-ring (bicyclic) bond motifs is 2.